The van der Waals surface area contributed by atoms with Crippen LogP contribution in [0, 0.1) is 15.9 Å². The number of ether oxygens (including phenoxy) is 1. The van der Waals surface area contributed by atoms with E-state index in [9.17, 15) is 14.5 Å². The number of anilines is 1. The van der Waals surface area contributed by atoms with E-state index in [-0.39, 0.29) is 17.9 Å². The molecule has 0 amide bonds. The van der Waals surface area contributed by atoms with Crippen molar-refractivity contribution in [3.05, 3.63) is 34.1 Å². The third-order valence-corrected chi connectivity index (χ3v) is 3.00. The van der Waals surface area contributed by atoms with Crippen molar-refractivity contribution in [1.29, 1.82) is 0 Å². The molecule has 2 unspecified atom stereocenters. The maximum Gasteiger partial charge on any atom is 0.295 e. The number of benzene rings is 1. The van der Waals surface area contributed by atoms with Crippen molar-refractivity contribution >= 4 is 11.4 Å². The zero-order valence-electron chi connectivity index (χ0n) is 10.1. The van der Waals surface area contributed by atoms with Crippen LogP contribution < -0.4 is 5.32 Å². The Hall–Kier alpha value is -1.69. The van der Waals surface area contributed by atoms with Crippen LogP contribution in [0.3, 0.4) is 0 Å². The normalized spacial score (nSPS) is 23.0. The highest BCUT2D eigenvalue weighted by Gasteiger charge is 2.22. The van der Waals surface area contributed by atoms with Gasteiger partial charge in [0.1, 0.15) is 11.5 Å². The van der Waals surface area contributed by atoms with E-state index in [1.165, 1.54) is 12.1 Å². The number of nitrogens with one attached hydrogen (secondary N) is 1. The second kappa shape index (κ2) is 5.30. The standard InChI is InChI=1S/C12H15FN2O3/c1-8-2-4-10(18-8)7-14-11-5-3-9(13)6-12(11)15(16)17/h3,5-6,8,10,14H,2,4,7H2,1H3. The molecule has 0 aliphatic carbocycles. The van der Waals surface area contributed by atoms with Crippen molar-refractivity contribution in [3.8, 4) is 0 Å². The molecule has 1 heterocycles. The number of halogens is 1. The maximum absolute atomic E-state index is 12.9. The second-order valence-corrected chi connectivity index (χ2v) is 4.45. The molecule has 1 saturated heterocycles. The molecule has 0 bridgehead atoms. The average molecular weight is 254 g/mol. The number of nitro benzene ring substituents is 1. The molecule has 2 atom stereocenters. The molecule has 1 fully saturated rings. The first-order valence-electron chi connectivity index (χ1n) is 5.89. The van der Waals surface area contributed by atoms with Crippen molar-refractivity contribution in [2.24, 2.45) is 0 Å². The first kappa shape index (κ1) is 12.8. The Morgan fingerprint density at radius 1 is 1.56 bits per heavy atom. The summed E-state index contributed by atoms with van der Waals surface area (Å²) >= 11 is 0. The summed E-state index contributed by atoms with van der Waals surface area (Å²) in [5, 5.41) is 13.7. The fourth-order valence-corrected chi connectivity index (χ4v) is 2.06. The molecule has 1 aromatic carbocycles. The molecular weight excluding hydrogens is 239 g/mol. The van der Waals surface area contributed by atoms with Crippen LogP contribution in [0.25, 0.3) is 0 Å². The van der Waals surface area contributed by atoms with Crippen LogP contribution in [0.15, 0.2) is 18.2 Å². The van der Waals surface area contributed by atoms with Gasteiger partial charge in [0.2, 0.25) is 0 Å². The summed E-state index contributed by atoms with van der Waals surface area (Å²) in [6.45, 7) is 2.50. The topological polar surface area (TPSA) is 64.4 Å². The fraction of sp³-hybridized carbons (Fsp3) is 0.500. The molecule has 1 aliphatic heterocycles. The smallest absolute Gasteiger partial charge is 0.295 e. The Morgan fingerprint density at radius 2 is 2.33 bits per heavy atom. The van der Waals surface area contributed by atoms with Crippen LogP contribution >= 0.6 is 0 Å². The number of rotatable bonds is 4. The SMILES string of the molecule is CC1CCC(CNc2ccc(F)cc2[N+](=O)[O-])O1. The maximum atomic E-state index is 12.9. The second-order valence-electron chi connectivity index (χ2n) is 4.45. The lowest BCUT2D eigenvalue weighted by Gasteiger charge is -2.13. The molecule has 0 saturated carbocycles. The third kappa shape index (κ3) is 2.95. The highest BCUT2D eigenvalue weighted by molar-refractivity contribution is 5.61. The quantitative estimate of drug-likeness (QED) is 0.662. The van der Waals surface area contributed by atoms with Gasteiger partial charge in [0.15, 0.2) is 0 Å². The van der Waals surface area contributed by atoms with Crippen LogP contribution in [0.1, 0.15) is 19.8 Å². The zero-order chi connectivity index (χ0) is 13.1. The first-order valence-corrected chi connectivity index (χ1v) is 5.89. The van der Waals surface area contributed by atoms with Gasteiger partial charge in [0.25, 0.3) is 5.69 Å². The molecule has 1 N–H and O–H groups in total. The van der Waals surface area contributed by atoms with Crippen molar-refractivity contribution in [1.82, 2.24) is 0 Å². The van der Waals surface area contributed by atoms with Crippen LogP contribution in [0.5, 0.6) is 0 Å². The van der Waals surface area contributed by atoms with Crippen LogP contribution in [-0.2, 0) is 4.74 Å². The molecule has 0 aromatic heterocycles. The Kier molecular flexibility index (Phi) is 3.76. The van der Waals surface area contributed by atoms with Gasteiger partial charge >= 0.3 is 0 Å². The summed E-state index contributed by atoms with van der Waals surface area (Å²) in [4.78, 5) is 10.2. The van der Waals surface area contributed by atoms with Gasteiger partial charge in [-0.05, 0) is 31.9 Å². The van der Waals surface area contributed by atoms with E-state index in [1.54, 1.807) is 0 Å². The molecule has 2 rings (SSSR count). The van der Waals surface area contributed by atoms with E-state index in [0.717, 1.165) is 18.9 Å². The molecule has 0 spiro atoms. The third-order valence-electron chi connectivity index (χ3n) is 3.00. The zero-order valence-corrected chi connectivity index (χ0v) is 10.1. The molecule has 18 heavy (non-hydrogen) atoms. The summed E-state index contributed by atoms with van der Waals surface area (Å²) in [7, 11) is 0. The lowest BCUT2D eigenvalue weighted by molar-refractivity contribution is -0.384. The van der Waals surface area contributed by atoms with Gasteiger partial charge in [-0.1, -0.05) is 0 Å². The summed E-state index contributed by atoms with van der Waals surface area (Å²) < 4.78 is 18.5. The largest absolute Gasteiger partial charge is 0.377 e. The lowest BCUT2D eigenvalue weighted by atomic mass is 10.2. The first-order chi connectivity index (χ1) is 8.56. The van der Waals surface area contributed by atoms with E-state index in [4.69, 9.17) is 4.74 Å². The van der Waals surface area contributed by atoms with E-state index < -0.39 is 10.7 Å². The van der Waals surface area contributed by atoms with Crippen LogP contribution in [-0.4, -0.2) is 23.7 Å². The summed E-state index contributed by atoms with van der Waals surface area (Å²) in [6, 6.07) is 3.50. The molecular formula is C12H15FN2O3. The monoisotopic (exact) mass is 254 g/mol. The van der Waals surface area contributed by atoms with Crippen LogP contribution in [0.4, 0.5) is 15.8 Å². The van der Waals surface area contributed by atoms with Crippen molar-refractivity contribution in [3.63, 3.8) is 0 Å². The predicted molar refractivity (Wildman–Crippen MR) is 65.1 cm³/mol. The highest BCUT2D eigenvalue weighted by Crippen LogP contribution is 2.26. The van der Waals surface area contributed by atoms with Gasteiger partial charge in [-0.3, -0.25) is 10.1 Å². The molecule has 1 aromatic rings. The number of hydrogen-bond donors (Lipinski definition) is 1. The van der Waals surface area contributed by atoms with Gasteiger partial charge in [0.05, 0.1) is 23.2 Å². The molecule has 6 heteroatoms. The number of hydrogen-bond acceptors (Lipinski definition) is 4. The number of nitro groups is 1. The summed E-state index contributed by atoms with van der Waals surface area (Å²) in [5.41, 5.74) is 0.0746. The van der Waals surface area contributed by atoms with Crippen molar-refractivity contribution in [2.45, 2.75) is 32.0 Å². The Bertz CT molecular complexity index is 453. The van der Waals surface area contributed by atoms with Gasteiger partial charge in [-0.15, -0.1) is 0 Å². The lowest BCUT2D eigenvalue weighted by Crippen LogP contribution is -2.20. The number of nitrogens with zero attached hydrogens (tertiary/aromatic N) is 1. The average Bonchev–Trinajstić information content (AvgIpc) is 2.73. The van der Waals surface area contributed by atoms with Gasteiger partial charge in [-0.25, -0.2) is 4.39 Å². The minimum absolute atomic E-state index is 0.0599. The predicted octanol–water partition coefficient (Wildman–Crippen LogP) is 2.71. The van der Waals surface area contributed by atoms with Crippen molar-refractivity contribution < 1.29 is 14.1 Å². The van der Waals surface area contributed by atoms with Crippen LogP contribution in [0.2, 0.25) is 0 Å². The Balaban J connectivity index is 2.02. The summed E-state index contributed by atoms with van der Waals surface area (Å²) in [5.74, 6) is -0.613. The van der Waals surface area contributed by atoms with Gasteiger partial charge in [-0.2, -0.15) is 0 Å². The minimum atomic E-state index is -0.613. The fourth-order valence-electron chi connectivity index (χ4n) is 2.06. The molecule has 0 radical (unpaired) electrons. The van der Waals surface area contributed by atoms with Crippen molar-refractivity contribution in [2.75, 3.05) is 11.9 Å². The van der Waals surface area contributed by atoms with Gasteiger partial charge < -0.3 is 10.1 Å². The molecule has 98 valence electrons. The Labute approximate surface area is 104 Å². The molecule has 5 nitrogen and oxygen atoms in total. The van der Waals surface area contributed by atoms with E-state index >= 15 is 0 Å². The van der Waals surface area contributed by atoms with Gasteiger partial charge in [0, 0.05) is 6.54 Å². The van der Waals surface area contributed by atoms with E-state index in [0.29, 0.717) is 12.2 Å². The van der Waals surface area contributed by atoms with E-state index in [1.807, 2.05) is 6.92 Å². The highest BCUT2D eigenvalue weighted by atomic mass is 19.1. The minimum Gasteiger partial charge on any atom is -0.377 e. The van der Waals surface area contributed by atoms with E-state index in [2.05, 4.69) is 5.32 Å². The summed E-state index contributed by atoms with van der Waals surface area (Å²) in [6.07, 6.45) is 2.23. The Morgan fingerprint density at radius 3 is 2.94 bits per heavy atom. The molecule has 1 aliphatic rings.